The van der Waals surface area contributed by atoms with Crippen LogP contribution in [0.3, 0.4) is 0 Å². The zero-order valence-electron chi connectivity index (χ0n) is 20.5. The topological polar surface area (TPSA) is 123 Å². The summed E-state index contributed by atoms with van der Waals surface area (Å²) in [6.45, 7) is 7.66. The fraction of sp³-hybridized carbons (Fsp3) is 0.565. The maximum absolute atomic E-state index is 13.1. The summed E-state index contributed by atoms with van der Waals surface area (Å²) in [5.74, 6) is -0.164. The molecule has 0 bridgehead atoms. The number of rotatable bonds is 13. The highest BCUT2D eigenvalue weighted by Gasteiger charge is 2.34. The predicted molar refractivity (Wildman–Crippen MR) is 138 cm³/mol. The van der Waals surface area contributed by atoms with E-state index in [1.807, 2.05) is 6.92 Å². The Morgan fingerprint density at radius 1 is 1.26 bits per heavy atom. The van der Waals surface area contributed by atoms with Crippen molar-refractivity contribution in [2.45, 2.75) is 70.8 Å². The summed E-state index contributed by atoms with van der Waals surface area (Å²) in [6, 6.07) is 4.00. The Kier molecular flexibility index (Phi) is 11.0. The number of H-pyrrole nitrogens is 1. The van der Waals surface area contributed by atoms with Gasteiger partial charge in [0.25, 0.3) is 5.56 Å². The second-order valence-electron chi connectivity index (χ2n) is 8.98. The Bertz CT molecular complexity index is 1080. The molecule has 2 aromatic rings. The predicted octanol–water partition coefficient (Wildman–Crippen LogP) is 5.57. The van der Waals surface area contributed by atoms with Crippen LogP contribution in [0.25, 0.3) is 5.69 Å². The first-order chi connectivity index (χ1) is 16.5. The lowest BCUT2D eigenvalue weighted by Crippen LogP contribution is -2.36. The average molecular weight is 551 g/mol. The van der Waals surface area contributed by atoms with Crippen LogP contribution in [-0.4, -0.2) is 38.4 Å². The number of unbranched alkanes of at least 4 members (excludes halogenated alkanes) is 1. The Balaban J connectivity index is 2.24. The van der Waals surface area contributed by atoms with Crippen molar-refractivity contribution in [1.29, 1.82) is 0 Å². The molecular weight excluding hydrogens is 517 g/mol. The van der Waals surface area contributed by atoms with Crippen LogP contribution in [-0.2, 0) is 24.9 Å². The fourth-order valence-electron chi connectivity index (χ4n) is 3.93. The van der Waals surface area contributed by atoms with Gasteiger partial charge >= 0.3 is 0 Å². The van der Waals surface area contributed by atoms with Crippen LogP contribution in [0.2, 0.25) is 10.0 Å². The Hall–Kier alpha value is -1.69. The zero-order valence-corrected chi connectivity index (χ0v) is 22.9. The van der Waals surface area contributed by atoms with E-state index in [0.29, 0.717) is 12.8 Å². The number of nitrogens with one attached hydrogen (secondary N) is 2. The minimum atomic E-state index is -1.75. The van der Waals surface area contributed by atoms with Gasteiger partial charge in [-0.15, -0.1) is 0 Å². The van der Waals surface area contributed by atoms with Crippen LogP contribution in [0.4, 0.5) is 5.82 Å². The van der Waals surface area contributed by atoms with Gasteiger partial charge < -0.3 is 5.32 Å². The van der Waals surface area contributed by atoms with E-state index in [9.17, 15) is 19.1 Å². The third-order valence-corrected chi connectivity index (χ3v) is 7.44. The van der Waals surface area contributed by atoms with Crippen molar-refractivity contribution in [1.82, 2.24) is 9.78 Å². The van der Waals surface area contributed by atoms with Gasteiger partial charge in [-0.25, -0.2) is 13.8 Å². The largest absolute Gasteiger partial charge is 0.311 e. The first kappa shape index (κ1) is 29.5. The molecule has 3 unspecified atom stereocenters. The molecule has 1 aromatic carbocycles. The summed E-state index contributed by atoms with van der Waals surface area (Å²) in [4.78, 5) is 30.7. The van der Waals surface area contributed by atoms with Gasteiger partial charge in [-0.2, -0.15) is 0 Å². The molecule has 0 fully saturated rings. The molecule has 196 valence electrons. The number of hydrogen-bond acceptors (Lipinski definition) is 6. The number of amides is 1. The highest BCUT2D eigenvalue weighted by molar-refractivity contribution is 7.80. The summed E-state index contributed by atoms with van der Waals surface area (Å²) in [5.41, 5.74) is -1.16. The average Bonchev–Trinajstić information content (AvgIpc) is 3.16. The number of aromatic amines is 1. The molecule has 0 saturated heterocycles. The van der Waals surface area contributed by atoms with Crippen molar-refractivity contribution in [3.63, 3.8) is 0 Å². The first-order valence-electron chi connectivity index (χ1n) is 11.4. The van der Waals surface area contributed by atoms with Crippen molar-refractivity contribution in [3.8, 4) is 5.69 Å². The van der Waals surface area contributed by atoms with Crippen molar-refractivity contribution in [3.05, 3.63) is 38.6 Å². The van der Waals surface area contributed by atoms with E-state index < -0.39 is 22.1 Å². The molecule has 3 N–H and O–H groups in total. The van der Waals surface area contributed by atoms with Gasteiger partial charge in [0.05, 0.1) is 28.2 Å². The van der Waals surface area contributed by atoms with Gasteiger partial charge in [0.15, 0.2) is 11.1 Å². The van der Waals surface area contributed by atoms with Gasteiger partial charge in [0.2, 0.25) is 5.91 Å². The highest BCUT2D eigenvalue weighted by atomic mass is 35.5. The van der Waals surface area contributed by atoms with Gasteiger partial charge in [0, 0.05) is 11.5 Å². The number of benzene rings is 1. The maximum atomic E-state index is 13.1. The quantitative estimate of drug-likeness (QED) is 0.221. The molecule has 0 aliphatic heterocycles. The molecule has 0 aliphatic carbocycles. The fourth-order valence-corrected chi connectivity index (χ4v) is 5.34. The summed E-state index contributed by atoms with van der Waals surface area (Å²) in [6.07, 6.45) is 3.46. The van der Waals surface area contributed by atoms with E-state index in [1.54, 1.807) is 13.8 Å². The van der Waals surface area contributed by atoms with Crippen LogP contribution in [0.1, 0.15) is 59.8 Å². The summed E-state index contributed by atoms with van der Waals surface area (Å²) in [5, 5.41) is 15.1. The first-order valence-corrected chi connectivity index (χ1v) is 13.2. The van der Waals surface area contributed by atoms with Crippen LogP contribution in [0, 0.1) is 11.3 Å². The smallest absolute Gasteiger partial charge is 0.273 e. The molecule has 0 radical (unpaired) electrons. The molecule has 2 rings (SSSR count). The van der Waals surface area contributed by atoms with E-state index in [-0.39, 0.29) is 44.4 Å². The number of aromatic nitrogens is 2. The molecule has 0 saturated carbocycles. The third kappa shape index (κ3) is 7.41. The zero-order chi connectivity index (χ0) is 26.3. The lowest BCUT2D eigenvalue weighted by Gasteiger charge is -2.31. The molecule has 1 aromatic heterocycles. The Morgan fingerprint density at radius 2 is 1.89 bits per heavy atom. The van der Waals surface area contributed by atoms with Crippen molar-refractivity contribution >= 4 is 46.0 Å². The van der Waals surface area contributed by atoms with Gasteiger partial charge in [-0.1, -0.05) is 70.2 Å². The van der Waals surface area contributed by atoms with Crippen LogP contribution in [0.15, 0.2) is 27.9 Å². The van der Waals surface area contributed by atoms with Gasteiger partial charge in [-0.3, -0.25) is 24.1 Å². The molecule has 1 heterocycles. The van der Waals surface area contributed by atoms with Crippen LogP contribution >= 0.6 is 23.2 Å². The van der Waals surface area contributed by atoms with E-state index in [2.05, 4.69) is 17.3 Å². The number of carbonyl (C=O) groups is 1. The molecule has 9 nitrogen and oxygen atoms in total. The normalized spacial score (nSPS) is 14.5. The number of halogens is 2. The summed E-state index contributed by atoms with van der Waals surface area (Å²) in [7, 11) is 1.28. The lowest BCUT2D eigenvalue weighted by molar-refractivity contribution is -0.293. The monoisotopic (exact) mass is 549 g/mol. The SMILES string of the molecule is CCCCC(OO)C(CC)CC(C)(C)C(=O)Nc1cc(=O)n(-c2c(Cl)cc(S(=O)OC)cc2Cl)[nH]1. The third-order valence-electron chi connectivity index (χ3n) is 5.94. The number of nitrogens with zero attached hydrogens (tertiary/aromatic N) is 1. The van der Waals surface area contributed by atoms with Gasteiger partial charge in [0.1, 0.15) is 11.5 Å². The summed E-state index contributed by atoms with van der Waals surface area (Å²) >= 11 is 10.9. The number of carbonyl (C=O) groups excluding carboxylic acids is 1. The maximum Gasteiger partial charge on any atom is 0.273 e. The standard InChI is InChI=1S/C23H33Cl2N3O6S/c1-6-8-9-18(34-31)14(7-2)13-23(3,4)22(30)26-19-12-20(29)28(27-19)21-16(24)10-15(11-17(21)25)35(32)33-5/h10-12,14,18,27,31H,6-9,13H2,1-5H3,(H,26,30). The summed E-state index contributed by atoms with van der Waals surface area (Å²) < 4.78 is 17.8. The molecule has 12 heteroatoms. The number of hydrogen-bond donors (Lipinski definition) is 3. The van der Waals surface area contributed by atoms with E-state index in [4.69, 9.17) is 32.3 Å². The minimum absolute atomic E-state index is 0.0234. The molecule has 35 heavy (non-hydrogen) atoms. The number of anilines is 1. The Labute approximate surface area is 217 Å². The van der Waals surface area contributed by atoms with Crippen LogP contribution in [0.5, 0.6) is 0 Å². The van der Waals surface area contributed by atoms with Gasteiger partial charge in [-0.05, 0) is 30.9 Å². The lowest BCUT2D eigenvalue weighted by atomic mass is 9.78. The van der Waals surface area contributed by atoms with E-state index in [1.165, 1.54) is 25.3 Å². The van der Waals surface area contributed by atoms with Crippen LogP contribution < -0.4 is 10.9 Å². The Morgan fingerprint density at radius 3 is 2.40 bits per heavy atom. The van der Waals surface area contributed by atoms with Crippen molar-refractivity contribution in [2.24, 2.45) is 11.3 Å². The molecule has 1 amide bonds. The van der Waals surface area contributed by atoms with Crippen molar-refractivity contribution in [2.75, 3.05) is 12.4 Å². The molecule has 0 spiro atoms. The minimum Gasteiger partial charge on any atom is -0.311 e. The highest BCUT2D eigenvalue weighted by Crippen LogP contribution is 2.34. The van der Waals surface area contributed by atoms with Crippen molar-refractivity contribution < 1.29 is 23.3 Å². The molecule has 0 aliphatic rings. The second kappa shape index (κ2) is 13.0. The molecular formula is C23H33Cl2N3O6S. The second-order valence-corrected chi connectivity index (χ2v) is 11.1. The van der Waals surface area contributed by atoms with E-state index >= 15 is 0 Å². The van der Waals surface area contributed by atoms with E-state index in [0.717, 1.165) is 23.9 Å². The molecule has 3 atom stereocenters.